The van der Waals surface area contributed by atoms with Crippen molar-refractivity contribution < 1.29 is 9.13 Å². The van der Waals surface area contributed by atoms with E-state index in [1.165, 1.54) is 12.1 Å². The molecule has 22 heavy (non-hydrogen) atoms. The first-order valence-electron chi connectivity index (χ1n) is 7.07. The molecule has 0 amide bonds. The number of morpholine rings is 1. The highest BCUT2D eigenvalue weighted by Gasteiger charge is 2.26. The third kappa shape index (κ3) is 2.42. The molecule has 2 N–H and O–H groups in total. The van der Waals surface area contributed by atoms with E-state index >= 15 is 0 Å². The number of hydrazine groups is 2. The minimum Gasteiger partial charge on any atom is -0.370 e. The van der Waals surface area contributed by atoms with Crippen LogP contribution in [0.3, 0.4) is 0 Å². The van der Waals surface area contributed by atoms with Crippen molar-refractivity contribution in [3.8, 4) is 0 Å². The van der Waals surface area contributed by atoms with E-state index in [0.717, 1.165) is 17.9 Å². The molecule has 1 aromatic rings. The van der Waals surface area contributed by atoms with Gasteiger partial charge in [-0.25, -0.2) is 9.93 Å². The topological polar surface area (TPSA) is 64.5 Å². The first kappa shape index (κ1) is 13.2. The van der Waals surface area contributed by atoms with E-state index in [4.69, 9.17) is 4.74 Å². The smallest absolute Gasteiger partial charge is 0.189 e. The number of nitrogens with one attached hydrogen (secondary N) is 2. The number of benzene rings is 1. The molecule has 0 radical (unpaired) electrons. The Labute approximate surface area is 126 Å². The molecule has 0 unspecified atom stereocenters. The summed E-state index contributed by atoms with van der Waals surface area (Å²) in [5, 5.41) is 10.1. The molecule has 0 spiro atoms. The van der Waals surface area contributed by atoms with E-state index in [0.29, 0.717) is 19.0 Å². The Balaban J connectivity index is 1.50. The number of amidine groups is 2. The molecule has 3 aliphatic heterocycles. The monoisotopic (exact) mass is 302 g/mol. The van der Waals surface area contributed by atoms with Crippen molar-refractivity contribution >= 4 is 11.7 Å². The maximum absolute atomic E-state index is 13.0. The van der Waals surface area contributed by atoms with E-state index in [-0.39, 0.29) is 11.9 Å². The van der Waals surface area contributed by atoms with Crippen molar-refractivity contribution in [2.75, 3.05) is 19.7 Å². The van der Waals surface area contributed by atoms with Gasteiger partial charge in [0.25, 0.3) is 0 Å². The largest absolute Gasteiger partial charge is 0.370 e. The molecule has 1 fully saturated rings. The minimum absolute atomic E-state index is 0.0924. The van der Waals surface area contributed by atoms with Crippen LogP contribution < -0.4 is 11.1 Å². The van der Waals surface area contributed by atoms with Crippen molar-refractivity contribution in [3.05, 3.63) is 47.8 Å². The number of hydrogen-bond acceptors (Lipinski definition) is 7. The number of ether oxygens (including phenoxy) is 1. The Hall–Kier alpha value is -2.45. The Kier molecular flexibility index (Phi) is 3.24. The second kappa shape index (κ2) is 5.39. The summed E-state index contributed by atoms with van der Waals surface area (Å²) in [7, 11) is 0. The number of nitrogens with zero attached hydrogens (tertiary/aromatic N) is 4. The lowest BCUT2D eigenvalue weighted by Crippen LogP contribution is -2.46. The van der Waals surface area contributed by atoms with E-state index in [9.17, 15) is 4.39 Å². The van der Waals surface area contributed by atoms with E-state index < -0.39 is 0 Å². The van der Waals surface area contributed by atoms with Gasteiger partial charge in [-0.3, -0.25) is 0 Å². The van der Waals surface area contributed by atoms with Crippen molar-refractivity contribution in [2.24, 2.45) is 10.2 Å². The molecular weight excluding hydrogens is 287 g/mol. The molecule has 4 rings (SSSR count). The Bertz CT molecular complexity index is 656. The first-order chi connectivity index (χ1) is 10.8. The summed E-state index contributed by atoms with van der Waals surface area (Å²) in [5.41, 5.74) is 6.44. The summed E-state index contributed by atoms with van der Waals surface area (Å²) in [6.07, 6.45) is 3.72. The molecule has 1 aromatic carbocycles. The molecule has 1 saturated heterocycles. The van der Waals surface area contributed by atoms with Gasteiger partial charge in [0.05, 0.1) is 6.61 Å². The van der Waals surface area contributed by atoms with Crippen LogP contribution in [-0.2, 0) is 4.74 Å². The fourth-order valence-electron chi connectivity index (χ4n) is 2.61. The number of halogens is 1. The van der Waals surface area contributed by atoms with Gasteiger partial charge in [-0.2, -0.15) is 5.12 Å². The molecule has 3 aliphatic rings. The van der Waals surface area contributed by atoms with Crippen LogP contribution in [0.4, 0.5) is 4.39 Å². The van der Waals surface area contributed by atoms with Crippen LogP contribution >= 0.6 is 0 Å². The summed E-state index contributed by atoms with van der Waals surface area (Å²) >= 11 is 0. The van der Waals surface area contributed by atoms with Gasteiger partial charge in [-0.05, 0) is 29.8 Å². The van der Waals surface area contributed by atoms with Crippen LogP contribution in [0.5, 0.6) is 0 Å². The summed E-state index contributed by atoms with van der Waals surface area (Å²) in [6.45, 7) is 2.03. The zero-order chi connectivity index (χ0) is 14.9. The number of fused-ring (bicyclic) bond motifs is 1. The zero-order valence-electron chi connectivity index (χ0n) is 11.7. The second-order valence-corrected chi connectivity index (χ2v) is 5.15. The molecular formula is C14H15FN6O. The molecule has 0 aromatic heterocycles. The van der Waals surface area contributed by atoms with Gasteiger partial charge >= 0.3 is 0 Å². The Morgan fingerprint density at radius 1 is 1.18 bits per heavy atom. The SMILES string of the molecule is Fc1ccc([C@@H]2CN(C3=NN4NNN=C4C=C3)CCO2)cc1. The predicted molar refractivity (Wildman–Crippen MR) is 78.8 cm³/mol. The average molecular weight is 302 g/mol. The lowest BCUT2D eigenvalue weighted by Gasteiger charge is -2.35. The van der Waals surface area contributed by atoms with Gasteiger partial charge in [0, 0.05) is 13.1 Å². The third-order valence-electron chi connectivity index (χ3n) is 3.76. The minimum atomic E-state index is -0.240. The Morgan fingerprint density at radius 2 is 2.00 bits per heavy atom. The van der Waals surface area contributed by atoms with Gasteiger partial charge in [-0.1, -0.05) is 12.1 Å². The third-order valence-corrected chi connectivity index (χ3v) is 3.76. The molecule has 0 bridgehead atoms. The quantitative estimate of drug-likeness (QED) is 0.800. The number of hydrogen-bond donors (Lipinski definition) is 2. The normalized spacial score (nSPS) is 23.8. The van der Waals surface area contributed by atoms with Crippen molar-refractivity contribution in [2.45, 2.75) is 6.10 Å². The average Bonchev–Trinajstić information content (AvgIpc) is 3.03. The molecule has 114 valence electrons. The van der Waals surface area contributed by atoms with Gasteiger partial charge < -0.3 is 9.64 Å². The van der Waals surface area contributed by atoms with E-state index in [1.54, 1.807) is 17.3 Å². The fraction of sp³-hybridized carbons (Fsp3) is 0.286. The van der Waals surface area contributed by atoms with Crippen LogP contribution in [0.25, 0.3) is 0 Å². The van der Waals surface area contributed by atoms with Crippen molar-refractivity contribution in [3.63, 3.8) is 0 Å². The fourth-order valence-corrected chi connectivity index (χ4v) is 2.61. The van der Waals surface area contributed by atoms with Crippen LogP contribution in [0, 0.1) is 5.82 Å². The lowest BCUT2D eigenvalue weighted by molar-refractivity contribution is -0.00714. The highest BCUT2D eigenvalue weighted by Crippen LogP contribution is 2.23. The molecule has 1 atom stereocenters. The number of hydrazone groups is 2. The molecule has 0 aliphatic carbocycles. The van der Waals surface area contributed by atoms with Gasteiger partial charge in [0.2, 0.25) is 0 Å². The lowest BCUT2D eigenvalue weighted by atomic mass is 10.1. The van der Waals surface area contributed by atoms with Crippen LogP contribution in [0.1, 0.15) is 11.7 Å². The highest BCUT2D eigenvalue weighted by atomic mass is 19.1. The molecule has 8 heteroatoms. The summed E-state index contributed by atoms with van der Waals surface area (Å²) in [5.74, 6) is 1.31. The van der Waals surface area contributed by atoms with E-state index in [1.807, 2.05) is 12.2 Å². The van der Waals surface area contributed by atoms with E-state index in [2.05, 4.69) is 26.2 Å². The van der Waals surface area contributed by atoms with Crippen LogP contribution in [0.2, 0.25) is 0 Å². The Morgan fingerprint density at radius 3 is 2.86 bits per heavy atom. The maximum atomic E-state index is 13.0. The highest BCUT2D eigenvalue weighted by molar-refractivity contribution is 6.05. The van der Waals surface area contributed by atoms with Gasteiger partial charge in [-0.15, -0.1) is 15.7 Å². The van der Waals surface area contributed by atoms with Gasteiger partial charge in [0.1, 0.15) is 11.9 Å². The van der Waals surface area contributed by atoms with Crippen LogP contribution in [-0.4, -0.2) is 41.4 Å². The van der Waals surface area contributed by atoms with Crippen molar-refractivity contribution in [1.82, 2.24) is 21.1 Å². The summed E-state index contributed by atoms with van der Waals surface area (Å²) in [4.78, 5) is 2.14. The standard InChI is InChI=1S/C14H15FN6O/c15-11-3-1-10(2-4-11)12-9-20(7-8-22-12)14-6-5-13-16-18-19-21(13)17-14/h1-6,12,18-19H,7-9H2/t12-/m0/s1. The van der Waals surface area contributed by atoms with Gasteiger partial charge in [0.15, 0.2) is 11.7 Å². The van der Waals surface area contributed by atoms with Crippen molar-refractivity contribution in [1.29, 1.82) is 0 Å². The maximum Gasteiger partial charge on any atom is 0.189 e. The summed E-state index contributed by atoms with van der Waals surface area (Å²) < 4.78 is 18.8. The second-order valence-electron chi connectivity index (χ2n) is 5.15. The number of rotatable bonds is 1. The molecule has 0 saturated carbocycles. The first-order valence-corrected chi connectivity index (χ1v) is 7.07. The molecule has 3 heterocycles. The summed E-state index contributed by atoms with van der Waals surface area (Å²) in [6, 6.07) is 6.44. The molecule has 7 nitrogen and oxygen atoms in total. The predicted octanol–water partition coefficient (Wildman–Crippen LogP) is 0.721. The zero-order valence-corrected chi connectivity index (χ0v) is 11.7. The van der Waals surface area contributed by atoms with Crippen LogP contribution in [0.15, 0.2) is 46.6 Å².